The quantitative estimate of drug-likeness (QED) is 0.727. The summed E-state index contributed by atoms with van der Waals surface area (Å²) in [6.45, 7) is 0. The molecule has 0 unspecified atom stereocenters. The second kappa shape index (κ2) is 4.44. The van der Waals surface area contributed by atoms with E-state index in [1.54, 1.807) is 37.7 Å². The Balaban J connectivity index is 2.20. The minimum atomic E-state index is 0.441. The normalized spacial score (nSPS) is 10.8. The fourth-order valence-electron chi connectivity index (χ4n) is 1.80. The zero-order valence-corrected chi connectivity index (χ0v) is 10.8. The van der Waals surface area contributed by atoms with Crippen LogP contribution >= 0.6 is 11.6 Å². The molecule has 0 saturated carbocycles. The number of fused-ring (bicyclic) bond motifs is 1. The summed E-state index contributed by atoms with van der Waals surface area (Å²) < 4.78 is 10.9. The van der Waals surface area contributed by atoms with Crippen molar-refractivity contribution >= 4 is 28.4 Å². The van der Waals surface area contributed by atoms with Gasteiger partial charge in [0.05, 0.1) is 29.6 Å². The number of benzene rings is 1. The van der Waals surface area contributed by atoms with Crippen LogP contribution in [0, 0.1) is 0 Å². The Kier molecular flexibility index (Phi) is 2.76. The van der Waals surface area contributed by atoms with Gasteiger partial charge in [-0.1, -0.05) is 11.6 Å². The molecule has 0 radical (unpaired) electrons. The van der Waals surface area contributed by atoms with Gasteiger partial charge < -0.3 is 14.9 Å². The number of hydrogen-bond donors (Lipinski definition) is 1. The number of rotatable bonds is 2. The Hall–Kier alpha value is -2.27. The van der Waals surface area contributed by atoms with Crippen molar-refractivity contribution < 1.29 is 9.15 Å². The minimum Gasteiger partial charge on any atom is -0.494 e. The number of nitrogens with two attached hydrogens (primary N) is 1. The third kappa shape index (κ3) is 1.98. The van der Waals surface area contributed by atoms with Crippen LogP contribution in [0.4, 0.5) is 5.69 Å². The summed E-state index contributed by atoms with van der Waals surface area (Å²) in [5, 5.41) is 0.453. The van der Waals surface area contributed by atoms with Crippen molar-refractivity contribution in [2.75, 3.05) is 12.8 Å². The van der Waals surface area contributed by atoms with Crippen molar-refractivity contribution in [1.29, 1.82) is 0 Å². The third-order valence-corrected chi connectivity index (χ3v) is 3.07. The highest BCUT2D eigenvalue weighted by Gasteiger charge is 2.14. The Bertz CT molecular complexity index is 716. The van der Waals surface area contributed by atoms with Gasteiger partial charge in [0.25, 0.3) is 0 Å². The van der Waals surface area contributed by atoms with Gasteiger partial charge in [-0.2, -0.15) is 0 Å². The molecule has 6 heteroatoms. The average molecular weight is 276 g/mol. The van der Waals surface area contributed by atoms with Gasteiger partial charge >= 0.3 is 0 Å². The van der Waals surface area contributed by atoms with E-state index in [2.05, 4.69) is 9.97 Å². The number of nitrogens with zero attached hydrogens (tertiary/aromatic N) is 2. The van der Waals surface area contributed by atoms with Gasteiger partial charge in [-0.05, 0) is 12.1 Å². The van der Waals surface area contributed by atoms with Crippen LogP contribution in [0.2, 0.25) is 5.02 Å². The molecule has 0 bridgehead atoms. The first kappa shape index (κ1) is 11.8. The first-order valence-corrected chi connectivity index (χ1v) is 5.91. The fourth-order valence-corrected chi connectivity index (χ4v) is 1.96. The van der Waals surface area contributed by atoms with E-state index in [1.165, 1.54) is 0 Å². The fraction of sp³-hybridized carbons (Fsp3) is 0.0769. The molecule has 0 fully saturated rings. The van der Waals surface area contributed by atoms with Crippen LogP contribution in [0.5, 0.6) is 5.75 Å². The number of methoxy groups -OCH3 is 1. The summed E-state index contributed by atoms with van der Waals surface area (Å²) >= 11 is 5.96. The minimum absolute atomic E-state index is 0.441. The molecular formula is C13H10ClN3O2. The van der Waals surface area contributed by atoms with Crippen LogP contribution in [-0.4, -0.2) is 17.1 Å². The topological polar surface area (TPSA) is 74.2 Å². The van der Waals surface area contributed by atoms with Gasteiger partial charge in [0.15, 0.2) is 5.58 Å². The van der Waals surface area contributed by atoms with E-state index in [-0.39, 0.29) is 0 Å². The van der Waals surface area contributed by atoms with Crippen molar-refractivity contribution in [3.63, 3.8) is 0 Å². The van der Waals surface area contributed by atoms with Crippen LogP contribution in [0.25, 0.3) is 22.6 Å². The number of oxazole rings is 1. The molecule has 2 N–H and O–H groups in total. The molecule has 0 aliphatic heterocycles. The molecule has 19 heavy (non-hydrogen) atoms. The summed E-state index contributed by atoms with van der Waals surface area (Å²) in [6, 6.07) is 5.10. The highest BCUT2D eigenvalue weighted by Crippen LogP contribution is 2.33. The van der Waals surface area contributed by atoms with E-state index in [0.29, 0.717) is 33.4 Å². The molecule has 3 aromatic rings. The Morgan fingerprint density at radius 2 is 2.21 bits per heavy atom. The molecule has 0 amide bonds. The molecule has 0 atom stereocenters. The zero-order valence-electron chi connectivity index (χ0n) is 10.1. The van der Waals surface area contributed by atoms with Crippen LogP contribution in [-0.2, 0) is 0 Å². The van der Waals surface area contributed by atoms with E-state index < -0.39 is 0 Å². The number of aromatic nitrogens is 2. The zero-order chi connectivity index (χ0) is 13.4. The van der Waals surface area contributed by atoms with Crippen molar-refractivity contribution in [2.24, 2.45) is 0 Å². The second-order valence-corrected chi connectivity index (χ2v) is 4.34. The lowest BCUT2D eigenvalue weighted by Crippen LogP contribution is -1.88. The van der Waals surface area contributed by atoms with Gasteiger partial charge in [-0.25, -0.2) is 4.98 Å². The maximum Gasteiger partial charge on any atom is 0.231 e. The first-order chi connectivity index (χ1) is 9.19. The number of nitrogen functional groups attached to an aromatic ring is 1. The summed E-state index contributed by atoms with van der Waals surface area (Å²) in [5.74, 6) is 1.03. The standard InChI is InChI=1S/C13H10ClN3O2/c1-18-12-6-16-3-2-7(12)13-17-10-4-8(14)9(15)5-11(10)19-13/h2-6H,15H2,1H3. The van der Waals surface area contributed by atoms with Crippen LogP contribution in [0.15, 0.2) is 35.0 Å². The molecule has 2 aromatic heterocycles. The highest BCUT2D eigenvalue weighted by atomic mass is 35.5. The molecule has 1 aromatic carbocycles. The number of halogens is 1. The molecule has 0 aliphatic carbocycles. The monoisotopic (exact) mass is 275 g/mol. The van der Waals surface area contributed by atoms with Crippen LogP contribution < -0.4 is 10.5 Å². The predicted octanol–water partition coefficient (Wildman–Crippen LogP) is 3.13. The molecule has 3 rings (SSSR count). The lowest BCUT2D eigenvalue weighted by atomic mass is 10.2. The molecule has 0 saturated heterocycles. The molecule has 0 aliphatic rings. The first-order valence-electron chi connectivity index (χ1n) is 5.53. The van der Waals surface area contributed by atoms with E-state index in [0.717, 1.165) is 5.56 Å². The summed E-state index contributed by atoms with van der Waals surface area (Å²) in [5.41, 5.74) is 8.14. The Morgan fingerprint density at radius 3 is 3.00 bits per heavy atom. The number of pyridine rings is 1. The molecule has 5 nitrogen and oxygen atoms in total. The van der Waals surface area contributed by atoms with Crippen molar-refractivity contribution in [2.45, 2.75) is 0 Å². The Labute approximate surface area is 114 Å². The van der Waals surface area contributed by atoms with E-state index in [4.69, 9.17) is 26.5 Å². The largest absolute Gasteiger partial charge is 0.494 e. The molecular weight excluding hydrogens is 266 g/mol. The number of anilines is 1. The maximum atomic E-state index is 5.96. The predicted molar refractivity (Wildman–Crippen MR) is 73.2 cm³/mol. The van der Waals surface area contributed by atoms with Gasteiger partial charge in [-0.15, -0.1) is 0 Å². The summed E-state index contributed by atoms with van der Waals surface area (Å²) in [4.78, 5) is 8.37. The molecule has 96 valence electrons. The number of hydrogen-bond acceptors (Lipinski definition) is 5. The summed E-state index contributed by atoms with van der Waals surface area (Å²) in [7, 11) is 1.57. The highest BCUT2D eigenvalue weighted by molar-refractivity contribution is 6.33. The molecule has 2 heterocycles. The lowest BCUT2D eigenvalue weighted by molar-refractivity contribution is 0.413. The molecule has 0 spiro atoms. The van der Waals surface area contributed by atoms with Crippen molar-refractivity contribution in [1.82, 2.24) is 9.97 Å². The number of ether oxygens (including phenoxy) is 1. The SMILES string of the molecule is COc1cnccc1-c1nc2cc(Cl)c(N)cc2o1. The van der Waals surface area contributed by atoms with E-state index >= 15 is 0 Å². The van der Waals surface area contributed by atoms with E-state index in [9.17, 15) is 0 Å². The van der Waals surface area contributed by atoms with Gasteiger partial charge in [0.1, 0.15) is 11.3 Å². The smallest absolute Gasteiger partial charge is 0.231 e. The van der Waals surface area contributed by atoms with Crippen molar-refractivity contribution in [3.8, 4) is 17.2 Å². The maximum absolute atomic E-state index is 5.96. The third-order valence-electron chi connectivity index (χ3n) is 2.74. The van der Waals surface area contributed by atoms with E-state index in [1.807, 2.05) is 0 Å². The van der Waals surface area contributed by atoms with Gasteiger partial charge in [-0.3, -0.25) is 4.98 Å². The van der Waals surface area contributed by atoms with Crippen molar-refractivity contribution in [3.05, 3.63) is 35.6 Å². The van der Waals surface area contributed by atoms with Crippen LogP contribution in [0.1, 0.15) is 0 Å². The second-order valence-electron chi connectivity index (χ2n) is 3.94. The Morgan fingerprint density at radius 1 is 1.37 bits per heavy atom. The lowest BCUT2D eigenvalue weighted by Gasteiger charge is -2.02. The van der Waals surface area contributed by atoms with Crippen LogP contribution in [0.3, 0.4) is 0 Å². The van der Waals surface area contributed by atoms with Gasteiger partial charge in [0, 0.05) is 12.3 Å². The average Bonchev–Trinajstić information content (AvgIpc) is 2.82. The summed E-state index contributed by atoms with van der Waals surface area (Å²) in [6.07, 6.45) is 3.25. The van der Waals surface area contributed by atoms with Gasteiger partial charge in [0.2, 0.25) is 5.89 Å².